The normalized spacial score (nSPS) is 15.4. The van der Waals surface area contributed by atoms with Crippen molar-refractivity contribution in [3.63, 3.8) is 0 Å². The van der Waals surface area contributed by atoms with Gasteiger partial charge >= 0.3 is 0 Å². The number of carbonyl (C=O) groups excluding carboxylic acids is 1. The highest BCUT2D eigenvalue weighted by Gasteiger charge is 2.44. The van der Waals surface area contributed by atoms with Gasteiger partial charge in [0.25, 0.3) is 5.91 Å². The minimum Gasteiger partial charge on any atom is -0.399 e. The van der Waals surface area contributed by atoms with Gasteiger partial charge in [0.2, 0.25) is 0 Å². The molecule has 2 aromatic rings. The van der Waals surface area contributed by atoms with Gasteiger partial charge in [-0.2, -0.15) is 0 Å². The fourth-order valence-electron chi connectivity index (χ4n) is 2.77. The molecule has 1 amide bonds. The Bertz CT molecular complexity index is 723. The Labute approximate surface area is 135 Å². The average molecular weight is 315 g/mol. The van der Waals surface area contributed by atoms with Gasteiger partial charge in [-0.15, -0.1) is 0 Å². The Hall–Kier alpha value is -2.00. The fraction of sp³-hybridized carbons (Fsp3) is 0.278. The molecule has 0 saturated heterocycles. The van der Waals surface area contributed by atoms with Crippen LogP contribution < -0.4 is 11.1 Å². The first-order valence-corrected chi connectivity index (χ1v) is 7.78. The van der Waals surface area contributed by atoms with Crippen LogP contribution >= 0.6 is 11.6 Å². The number of hydrogen-bond donors (Lipinski definition) is 2. The van der Waals surface area contributed by atoms with Crippen molar-refractivity contribution in [3.05, 3.63) is 64.2 Å². The lowest BCUT2D eigenvalue weighted by molar-refractivity contribution is 0.0949. The maximum absolute atomic E-state index is 12.4. The highest BCUT2D eigenvalue weighted by molar-refractivity contribution is 6.30. The molecule has 1 aliphatic rings. The van der Waals surface area contributed by atoms with Crippen LogP contribution in [-0.4, -0.2) is 12.5 Å². The van der Waals surface area contributed by atoms with Crippen LogP contribution in [0.1, 0.15) is 34.3 Å². The van der Waals surface area contributed by atoms with Gasteiger partial charge in [0, 0.05) is 28.2 Å². The van der Waals surface area contributed by atoms with Crippen molar-refractivity contribution >= 4 is 23.2 Å². The third kappa shape index (κ3) is 2.95. The number of nitrogens with one attached hydrogen (secondary N) is 1. The van der Waals surface area contributed by atoms with Crippen LogP contribution in [0.5, 0.6) is 0 Å². The Balaban J connectivity index is 1.72. The average Bonchev–Trinajstić information content (AvgIpc) is 3.28. The molecular formula is C18H19ClN2O. The summed E-state index contributed by atoms with van der Waals surface area (Å²) in [6.07, 6.45) is 2.15. The van der Waals surface area contributed by atoms with E-state index in [4.69, 9.17) is 17.3 Å². The lowest BCUT2D eigenvalue weighted by atomic mass is 9.95. The van der Waals surface area contributed by atoms with Crippen LogP contribution in [0, 0.1) is 6.92 Å². The zero-order chi connectivity index (χ0) is 15.7. The largest absolute Gasteiger partial charge is 0.399 e. The summed E-state index contributed by atoms with van der Waals surface area (Å²) in [5.74, 6) is -0.0712. The van der Waals surface area contributed by atoms with Crippen LogP contribution in [0.3, 0.4) is 0 Å². The number of halogens is 1. The number of benzene rings is 2. The summed E-state index contributed by atoms with van der Waals surface area (Å²) in [5.41, 5.74) is 9.18. The van der Waals surface area contributed by atoms with Crippen molar-refractivity contribution in [1.82, 2.24) is 5.32 Å². The number of hydrogen-bond acceptors (Lipinski definition) is 2. The molecule has 0 heterocycles. The smallest absolute Gasteiger partial charge is 0.251 e. The molecular weight excluding hydrogens is 296 g/mol. The molecule has 3 rings (SSSR count). The van der Waals surface area contributed by atoms with E-state index in [1.807, 2.05) is 31.2 Å². The van der Waals surface area contributed by atoms with E-state index < -0.39 is 0 Å². The van der Waals surface area contributed by atoms with Gasteiger partial charge in [-0.05, 0) is 55.2 Å². The van der Waals surface area contributed by atoms with E-state index in [-0.39, 0.29) is 11.3 Å². The second-order valence-corrected chi connectivity index (χ2v) is 6.48. The summed E-state index contributed by atoms with van der Waals surface area (Å²) in [4.78, 5) is 12.4. The van der Waals surface area contributed by atoms with Crippen LogP contribution in [0.4, 0.5) is 5.69 Å². The van der Waals surface area contributed by atoms with Gasteiger partial charge in [-0.1, -0.05) is 29.8 Å². The number of aryl methyl sites for hydroxylation is 1. The number of carbonyl (C=O) groups is 1. The van der Waals surface area contributed by atoms with Gasteiger partial charge in [-0.3, -0.25) is 4.79 Å². The standard InChI is InChI=1S/C18H19ClN2O/c1-12-5-6-15(20)10-16(12)17(22)21-11-18(7-8-18)13-3-2-4-14(19)9-13/h2-6,9-10H,7-8,11,20H2,1H3,(H,21,22). The zero-order valence-corrected chi connectivity index (χ0v) is 13.3. The van der Waals surface area contributed by atoms with Crippen LogP contribution in [-0.2, 0) is 5.41 Å². The van der Waals surface area contributed by atoms with E-state index in [9.17, 15) is 4.79 Å². The number of nitrogen functional groups attached to an aromatic ring is 1. The molecule has 0 bridgehead atoms. The molecule has 0 atom stereocenters. The first-order valence-electron chi connectivity index (χ1n) is 7.41. The van der Waals surface area contributed by atoms with Gasteiger partial charge in [0.05, 0.1) is 0 Å². The third-order valence-corrected chi connectivity index (χ3v) is 4.62. The number of anilines is 1. The lowest BCUT2D eigenvalue weighted by Gasteiger charge is -2.17. The number of amides is 1. The summed E-state index contributed by atoms with van der Waals surface area (Å²) in [6.45, 7) is 2.54. The maximum Gasteiger partial charge on any atom is 0.251 e. The van der Waals surface area contributed by atoms with Crippen molar-refractivity contribution in [2.75, 3.05) is 12.3 Å². The fourth-order valence-corrected chi connectivity index (χ4v) is 2.96. The van der Waals surface area contributed by atoms with Crippen molar-refractivity contribution in [3.8, 4) is 0 Å². The molecule has 114 valence electrons. The third-order valence-electron chi connectivity index (χ3n) is 4.38. The van der Waals surface area contributed by atoms with Crippen LogP contribution in [0.2, 0.25) is 5.02 Å². The van der Waals surface area contributed by atoms with Gasteiger partial charge in [-0.25, -0.2) is 0 Å². The summed E-state index contributed by atoms with van der Waals surface area (Å²) >= 11 is 6.07. The second-order valence-electron chi connectivity index (χ2n) is 6.05. The topological polar surface area (TPSA) is 55.1 Å². The van der Waals surface area contributed by atoms with Crippen molar-refractivity contribution in [2.24, 2.45) is 0 Å². The van der Waals surface area contributed by atoms with Crippen LogP contribution in [0.15, 0.2) is 42.5 Å². The molecule has 22 heavy (non-hydrogen) atoms. The first kappa shape index (κ1) is 14.9. The molecule has 0 aliphatic heterocycles. The Kier molecular flexibility index (Phi) is 3.83. The number of rotatable bonds is 4. The molecule has 0 radical (unpaired) electrons. The van der Waals surface area contributed by atoms with Crippen molar-refractivity contribution < 1.29 is 4.79 Å². The molecule has 4 heteroatoms. The van der Waals surface area contributed by atoms with E-state index in [2.05, 4.69) is 11.4 Å². The van der Waals surface area contributed by atoms with Crippen LogP contribution in [0.25, 0.3) is 0 Å². The summed E-state index contributed by atoms with van der Waals surface area (Å²) < 4.78 is 0. The summed E-state index contributed by atoms with van der Waals surface area (Å²) in [7, 11) is 0. The highest BCUT2D eigenvalue weighted by atomic mass is 35.5. The minimum absolute atomic E-state index is 0.0365. The van der Waals surface area contributed by atoms with Gasteiger partial charge in [0.15, 0.2) is 0 Å². The van der Waals surface area contributed by atoms with Gasteiger partial charge < -0.3 is 11.1 Å². The van der Waals surface area contributed by atoms with E-state index in [0.29, 0.717) is 17.8 Å². The minimum atomic E-state index is -0.0712. The molecule has 1 aliphatic carbocycles. The summed E-state index contributed by atoms with van der Waals surface area (Å²) in [5, 5.41) is 3.79. The van der Waals surface area contributed by atoms with E-state index in [1.165, 1.54) is 5.56 Å². The van der Waals surface area contributed by atoms with E-state index in [1.54, 1.807) is 12.1 Å². The van der Waals surface area contributed by atoms with E-state index in [0.717, 1.165) is 23.4 Å². The lowest BCUT2D eigenvalue weighted by Crippen LogP contribution is -2.32. The summed E-state index contributed by atoms with van der Waals surface area (Å²) in [6, 6.07) is 13.3. The molecule has 1 saturated carbocycles. The molecule has 0 aromatic heterocycles. The molecule has 0 unspecified atom stereocenters. The SMILES string of the molecule is Cc1ccc(N)cc1C(=O)NCC1(c2cccc(Cl)c2)CC1. The molecule has 1 fully saturated rings. The Morgan fingerprint density at radius 2 is 2.05 bits per heavy atom. The second kappa shape index (κ2) is 5.65. The van der Waals surface area contributed by atoms with Crippen molar-refractivity contribution in [1.29, 1.82) is 0 Å². The predicted octanol–water partition coefficient (Wildman–Crippen LogP) is 3.69. The Morgan fingerprint density at radius 3 is 2.73 bits per heavy atom. The molecule has 0 spiro atoms. The molecule has 3 nitrogen and oxygen atoms in total. The monoisotopic (exact) mass is 314 g/mol. The quantitative estimate of drug-likeness (QED) is 0.846. The predicted molar refractivity (Wildman–Crippen MR) is 90.3 cm³/mol. The molecule has 3 N–H and O–H groups in total. The van der Waals surface area contributed by atoms with Crippen molar-refractivity contribution in [2.45, 2.75) is 25.2 Å². The maximum atomic E-state index is 12.4. The zero-order valence-electron chi connectivity index (χ0n) is 12.5. The first-order chi connectivity index (χ1) is 10.5. The molecule has 2 aromatic carbocycles. The number of nitrogens with two attached hydrogens (primary N) is 1. The van der Waals surface area contributed by atoms with E-state index >= 15 is 0 Å². The Morgan fingerprint density at radius 1 is 1.27 bits per heavy atom. The van der Waals surface area contributed by atoms with Gasteiger partial charge in [0.1, 0.15) is 0 Å². The highest BCUT2D eigenvalue weighted by Crippen LogP contribution is 2.48.